The van der Waals surface area contributed by atoms with Gasteiger partial charge in [0.1, 0.15) is 0 Å². The van der Waals surface area contributed by atoms with E-state index in [0.29, 0.717) is 24.1 Å². The Kier molecular flexibility index (Phi) is 3.84. The predicted octanol–water partition coefficient (Wildman–Crippen LogP) is 1.46. The van der Waals surface area contributed by atoms with E-state index in [2.05, 4.69) is 4.98 Å². The normalized spacial score (nSPS) is 9.83. The lowest BCUT2D eigenvalue weighted by Gasteiger charge is -2.02. The van der Waals surface area contributed by atoms with E-state index >= 15 is 0 Å². The number of nitrogens with two attached hydrogens (primary N) is 1. The summed E-state index contributed by atoms with van der Waals surface area (Å²) in [5.74, 6) is 0.591. The summed E-state index contributed by atoms with van der Waals surface area (Å²) in [6, 6.07) is 3.48. The zero-order valence-corrected chi connectivity index (χ0v) is 7.42. The molecule has 0 fully saturated rings. The molecule has 12 heavy (non-hydrogen) atoms. The van der Waals surface area contributed by atoms with Crippen molar-refractivity contribution in [1.82, 2.24) is 4.98 Å². The first-order chi connectivity index (χ1) is 5.83. The van der Waals surface area contributed by atoms with Crippen molar-refractivity contribution in [3.05, 3.63) is 23.4 Å². The number of halogens is 1. The summed E-state index contributed by atoms with van der Waals surface area (Å²) in [5.41, 5.74) is 5.30. The molecule has 0 atom stereocenters. The molecule has 0 bridgehead atoms. The minimum absolute atomic E-state index is 0.591. The third kappa shape index (κ3) is 3.07. The average molecular weight is 187 g/mol. The van der Waals surface area contributed by atoms with Crippen LogP contribution in [0.4, 0.5) is 0 Å². The molecule has 3 nitrogen and oxygen atoms in total. The topological polar surface area (TPSA) is 48.1 Å². The Morgan fingerprint density at radius 2 is 2.33 bits per heavy atom. The second kappa shape index (κ2) is 4.95. The van der Waals surface area contributed by atoms with Crippen molar-refractivity contribution in [2.24, 2.45) is 5.73 Å². The monoisotopic (exact) mass is 186 g/mol. The van der Waals surface area contributed by atoms with Gasteiger partial charge in [0, 0.05) is 12.3 Å². The Labute approximate surface area is 76.5 Å². The number of hydrogen-bond acceptors (Lipinski definition) is 3. The maximum absolute atomic E-state index is 5.63. The predicted molar refractivity (Wildman–Crippen MR) is 48.4 cm³/mol. The van der Waals surface area contributed by atoms with E-state index in [4.69, 9.17) is 22.1 Å². The van der Waals surface area contributed by atoms with E-state index in [1.165, 1.54) is 0 Å². The van der Waals surface area contributed by atoms with Gasteiger partial charge >= 0.3 is 0 Å². The number of pyridine rings is 1. The zero-order chi connectivity index (χ0) is 8.81. The second-order valence-corrected chi connectivity index (χ2v) is 2.74. The van der Waals surface area contributed by atoms with Crippen molar-refractivity contribution in [3.8, 4) is 5.88 Å². The molecule has 1 heterocycles. The minimum Gasteiger partial charge on any atom is -0.478 e. The highest BCUT2D eigenvalue weighted by atomic mass is 35.5. The lowest BCUT2D eigenvalue weighted by Crippen LogP contribution is -2.06. The molecule has 1 rings (SSSR count). The summed E-state index contributed by atoms with van der Waals surface area (Å²) in [6.07, 6.45) is 2.39. The Hall–Kier alpha value is -0.800. The van der Waals surface area contributed by atoms with Gasteiger partial charge in [-0.1, -0.05) is 11.6 Å². The van der Waals surface area contributed by atoms with Crippen LogP contribution in [0.1, 0.15) is 6.42 Å². The maximum Gasteiger partial charge on any atom is 0.213 e. The van der Waals surface area contributed by atoms with Gasteiger partial charge in [-0.05, 0) is 19.0 Å². The first-order valence-corrected chi connectivity index (χ1v) is 4.15. The molecule has 0 aliphatic heterocycles. The number of ether oxygens (including phenoxy) is 1. The lowest BCUT2D eigenvalue weighted by molar-refractivity contribution is 0.301. The summed E-state index contributed by atoms with van der Waals surface area (Å²) >= 11 is 5.63. The smallest absolute Gasteiger partial charge is 0.213 e. The largest absolute Gasteiger partial charge is 0.478 e. The van der Waals surface area contributed by atoms with Crippen LogP contribution in [0.2, 0.25) is 5.02 Å². The van der Waals surface area contributed by atoms with Gasteiger partial charge in [0.25, 0.3) is 0 Å². The summed E-state index contributed by atoms with van der Waals surface area (Å²) in [5, 5.41) is 0.612. The van der Waals surface area contributed by atoms with Gasteiger partial charge in [-0.25, -0.2) is 4.98 Å². The van der Waals surface area contributed by atoms with E-state index < -0.39 is 0 Å². The van der Waals surface area contributed by atoms with E-state index in [1.807, 2.05) is 0 Å². The van der Waals surface area contributed by atoms with Crippen LogP contribution in [0.5, 0.6) is 5.88 Å². The van der Waals surface area contributed by atoms with Crippen LogP contribution in [0, 0.1) is 0 Å². The first kappa shape index (κ1) is 9.29. The molecule has 0 spiro atoms. The minimum atomic E-state index is 0.591. The highest BCUT2D eigenvalue weighted by Gasteiger charge is 1.93. The molecule has 0 aliphatic rings. The summed E-state index contributed by atoms with van der Waals surface area (Å²) < 4.78 is 5.25. The molecule has 1 aromatic heterocycles. The quantitative estimate of drug-likeness (QED) is 0.725. The molecular weight excluding hydrogens is 176 g/mol. The number of rotatable bonds is 4. The highest BCUT2D eigenvalue weighted by molar-refractivity contribution is 6.30. The average Bonchev–Trinajstić information content (AvgIpc) is 2.09. The molecule has 0 saturated carbocycles. The number of hydrogen-bond donors (Lipinski definition) is 1. The van der Waals surface area contributed by atoms with Crippen LogP contribution >= 0.6 is 11.6 Å². The highest BCUT2D eigenvalue weighted by Crippen LogP contribution is 2.11. The van der Waals surface area contributed by atoms with Crippen molar-refractivity contribution in [3.63, 3.8) is 0 Å². The van der Waals surface area contributed by atoms with Crippen molar-refractivity contribution >= 4 is 11.6 Å². The molecule has 2 N–H and O–H groups in total. The molecule has 0 unspecified atom stereocenters. The van der Waals surface area contributed by atoms with Crippen molar-refractivity contribution < 1.29 is 4.74 Å². The molecule has 0 aliphatic carbocycles. The van der Waals surface area contributed by atoms with Crippen LogP contribution < -0.4 is 10.5 Å². The summed E-state index contributed by atoms with van der Waals surface area (Å²) in [4.78, 5) is 3.96. The Morgan fingerprint density at radius 1 is 1.50 bits per heavy atom. The molecule has 0 amide bonds. The van der Waals surface area contributed by atoms with E-state index in [0.717, 1.165) is 6.42 Å². The van der Waals surface area contributed by atoms with E-state index in [1.54, 1.807) is 18.3 Å². The molecule has 0 aromatic carbocycles. The fourth-order valence-electron chi connectivity index (χ4n) is 0.708. The number of nitrogens with zero attached hydrogens (tertiary/aromatic N) is 1. The van der Waals surface area contributed by atoms with Gasteiger partial charge in [0.05, 0.1) is 11.6 Å². The van der Waals surface area contributed by atoms with Crippen LogP contribution in [0.25, 0.3) is 0 Å². The molecule has 0 radical (unpaired) electrons. The SMILES string of the molecule is NCCCOc1ccc(Cl)cn1. The molecule has 0 saturated heterocycles. The van der Waals surface area contributed by atoms with E-state index in [9.17, 15) is 0 Å². The van der Waals surface area contributed by atoms with Gasteiger partial charge in [-0.2, -0.15) is 0 Å². The van der Waals surface area contributed by atoms with Gasteiger partial charge in [-0.3, -0.25) is 0 Å². The first-order valence-electron chi connectivity index (χ1n) is 3.77. The van der Waals surface area contributed by atoms with Crippen molar-refractivity contribution in [1.29, 1.82) is 0 Å². The second-order valence-electron chi connectivity index (χ2n) is 2.31. The van der Waals surface area contributed by atoms with Crippen LogP contribution in [-0.2, 0) is 0 Å². The van der Waals surface area contributed by atoms with Gasteiger partial charge in [-0.15, -0.1) is 0 Å². The maximum atomic E-state index is 5.63. The fourth-order valence-corrected chi connectivity index (χ4v) is 0.819. The molecule has 4 heteroatoms. The Bertz CT molecular complexity index is 225. The van der Waals surface area contributed by atoms with Gasteiger partial charge in [0.2, 0.25) is 5.88 Å². The number of aromatic nitrogens is 1. The lowest BCUT2D eigenvalue weighted by atomic mass is 10.4. The van der Waals surface area contributed by atoms with Crippen molar-refractivity contribution in [2.75, 3.05) is 13.2 Å². The van der Waals surface area contributed by atoms with E-state index in [-0.39, 0.29) is 0 Å². The fraction of sp³-hybridized carbons (Fsp3) is 0.375. The molecule has 66 valence electrons. The van der Waals surface area contributed by atoms with Crippen LogP contribution in [0.15, 0.2) is 18.3 Å². The Balaban J connectivity index is 2.37. The van der Waals surface area contributed by atoms with Gasteiger partial charge in [0.15, 0.2) is 0 Å². The summed E-state index contributed by atoms with van der Waals surface area (Å²) in [6.45, 7) is 1.23. The zero-order valence-electron chi connectivity index (χ0n) is 6.66. The standard InChI is InChI=1S/C8H11ClN2O/c9-7-2-3-8(11-6-7)12-5-1-4-10/h2-3,6H,1,4-5,10H2. The van der Waals surface area contributed by atoms with Crippen molar-refractivity contribution in [2.45, 2.75) is 6.42 Å². The summed E-state index contributed by atoms with van der Waals surface area (Å²) in [7, 11) is 0. The van der Waals surface area contributed by atoms with Crippen LogP contribution in [0.3, 0.4) is 0 Å². The Morgan fingerprint density at radius 3 is 2.92 bits per heavy atom. The third-order valence-electron chi connectivity index (χ3n) is 1.30. The third-order valence-corrected chi connectivity index (χ3v) is 1.52. The van der Waals surface area contributed by atoms with Crippen LogP contribution in [-0.4, -0.2) is 18.1 Å². The van der Waals surface area contributed by atoms with Gasteiger partial charge < -0.3 is 10.5 Å². The molecule has 1 aromatic rings. The molecular formula is C8H11ClN2O.